The predicted octanol–water partition coefficient (Wildman–Crippen LogP) is 4.08. The minimum Gasteiger partial charge on any atom is -0.378 e. The Balaban J connectivity index is 1.83. The highest BCUT2D eigenvalue weighted by atomic mass is 79.9. The molecule has 0 aliphatic rings. The van der Waals surface area contributed by atoms with Gasteiger partial charge in [0.15, 0.2) is 0 Å². The Kier molecular flexibility index (Phi) is 6.04. The van der Waals surface area contributed by atoms with Gasteiger partial charge in [0.05, 0.1) is 6.04 Å². The number of halogens is 1. The van der Waals surface area contributed by atoms with Gasteiger partial charge in [0.25, 0.3) is 0 Å². The van der Waals surface area contributed by atoms with Gasteiger partial charge in [-0.15, -0.1) is 0 Å². The molecule has 0 radical (unpaired) electrons. The third kappa shape index (κ3) is 5.28. The summed E-state index contributed by atoms with van der Waals surface area (Å²) in [6.07, 6.45) is 0. The van der Waals surface area contributed by atoms with E-state index in [1.54, 1.807) is 0 Å². The standard InChI is InChI=1S/C18H22BrN3O/c1-13(15-6-8-16(19)9-7-15)21-18(23)20-12-14-4-10-17(11-5-14)22(2)3/h4-11,13H,12H2,1-3H3,(H2,20,21,23). The zero-order valence-corrected chi connectivity index (χ0v) is 15.2. The zero-order chi connectivity index (χ0) is 16.8. The van der Waals surface area contributed by atoms with Crippen molar-refractivity contribution >= 4 is 27.6 Å². The molecule has 2 amide bonds. The van der Waals surface area contributed by atoms with Crippen molar-refractivity contribution in [2.75, 3.05) is 19.0 Å². The molecule has 2 aromatic rings. The molecule has 2 rings (SSSR count). The number of nitrogens with zero attached hydrogens (tertiary/aromatic N) is 1. The minimum atomic E-state index is -0.169. The molecule has 0 fully saturated rings. The molecule has 122 valence electrons. The molecule has 1 atom stereocenters. The van der Waals surface area contributed by atoms with E-state index in [2.05, 4.69) is 26.6 Å². The van der Waals surface area contributed by atoms with Crippen LogP contribution in [0.1, 0.15) is 24.1 Å². The summed E-state index contributed by atoms with van der Waals surface area (Å²) in [5.41, 5.74) is 3.28. The van der Waals surface area contributed by atoms with Crippen LogP contribution >= 0.6 is 15.9 Å². The van der Waals surface area contributed by atoms with E-state index in [0.29, 0.717) is 6.54 Å². The molecular weight excluding hydrogens is 354 g/mol. The number of urea groups is 1. The molecule has 5 heteroatoms. The zero-order valence-electron chi connectivity index (χ0n) is 13.6. The van der Waals surface area contributed by atoms with Crippen LogP contribution in [0.4, 0.5) is 10.5 Å². The first-order valence-corrected chi connectivity index (χ1v) is 8.31. The van der Waals surface area contributed by atoms with Crippen LogP contribution in [-0.2, 0) is 6.54 Å². The first kappa shape index (κ1) is 17.3. The second-order valence-corrected chi connectivity index (χ2v) is 6.58. The van der Waals surface area contributed by atoms with Crippen molar-refractivity contribution in [3.05, 3.63) is 64.1 Å². The van der Waals surface area contributed by atoms with Gasteiger partial charge in [0.2, 0.25) is 0 Å². The summed E-state index contributed by atoms with van der Waals surface area (Å²) >= 11 is 3.41. The Labute approximate surface area is 146 Å². The maximum Gasteiger partial charge on any atom is 0.315 e. The summed E-state index contributed by atoms with van der Waals surface area (Å²) in [6.45, 7) is 2.47. The third-order valence-electron chi connectivity index (χ3n) is 3.62. The van der Waals surface area contributed by atoms with Gasteiger partial charge >= 0.3 is 6.03 Å². The van der Waals surface area contributed by atoms with E-state index in [1.807, 2.05) is 74.4 Å². The van der Waals surface area contributed by atoms with E-state index in [1.165, 1.54) is 0 Å². The second-order valence-electron chi connectivity index (χ2n) is 5.66. The van der Waals surface area contributed by atoms with Gasteiger partial charge in [-0.1, -0.05) is 40.2 Å². The molecule has 0 aliphatic heterocycles. The number of rotatable bonds is 5. The number of hydrogen-bond donors (Lipinski definition) is 2. The first-order chi connectivity index (χ1) is 11.0. The van der Waals surface area contributed by atoms with Crippen LogP contribution in [-0.4, -0.2) is 20.1 Å². The van der Waals surface area contributed by atoms with Gasteiger partial charge < -0.3 is 15.5 Å². The van der Waals surface area contributed by atoms with Crippen molar-refractivity contribution in [2.24, 2.45) is 0 Å². The molecule has 2 N–H and O–H groups in total. The van der Waals surface area contributed by atoms with E-state index in [4.69, 9.17) is 0 Å². The van der Waals surface area contributed by atoms with Crippen molar-refractivity contribution in [1.82, 2.24) is 10.6 Å². The maximum atomic E-state index is 12.0. The number of anilines is 1. The van der Waals surface area contributed by atoms with Crippen molar-refractivity contribution in [3.8, 4) is 0 Å². The van der Waals surface area contributed by atoms with Gasteiger partial charge in [-0.05, 0) is 42.3 Å². The monoisotopic (exact) mass is 375 g/mol. The fourth-order valence-corrected chi connectivity index (χ4v) is 2.44. The molecular formula is C18H22BrN3O. The lowest BCUT2D eigenvalue weighted by molar-refractivity contribution is 0.237. The van der Waals surface area contributed by atoms with Crippen molar-refractivity contribution in [3.63, 3.8) is 0 Å². The van der Waals surface area contributed by atoms with Crippen molar-refractivity contribution in [1.29, 1.82) is 0 Å². The van der Waals surface area contributed by atoms with E-state index in [0.717, 1.165) is 21.3 Å². The lowest BCUT2D eigenvalue weighted by atomic mass is 10.1. The van der Waals surface area contributed by atoms with Crippen LogP contribution in [0.25, 0.3) is 0 Å². The number of hydrogen-bond acceptors (Lipinski definition) is 2. The second kappa shape index (κ2) is 8.02. The molecule has 23 heavy (non-hydrogen) atoms. The Morgan fingerprint density at radius 1 is 1.09 bits per heavy atom. The van der Waals surface area contributed by atoms with Gasteiger partial charge in [-0.25, -0.2) is 4.79 Å². The average Bonchev–Trinajstić information content (AvgIpc) is 2.54. The number of nitrogens with one attached hydrogen (secondary N) is 2. The van der Waals surface area contributed by atoms with Crippen LogP contribution in [0.5, 0.6) is 0 Å². The highest BCUT2D eigenvalue weighted by Crippen LogP contribution is 2.16. The molecule has 0 saturated heterocycles. The molecule has 0 bridgehead atoms. The number of amides is 2. The lowest BCUT2D eigenvalue weighted by Gasteiger charge is -2.16. The van der Waals surface area contributed by atoms with Crippen LogP contribution in [0.15, 0.2) is 53.0 Å². The van der Waals surface area contributed by atoms with Crippen molar-refractivity contribution < 1.29 is 4.79 Å². The minimum absolute atomic E-state index is 0.0424. The summed E-state index contributed by atoms with van der Waals surface area (Å²) in [5, 5.41) is 5.83. The fraction of sp³-hybridized carbons (Fsp3) is 0.278. The highest BCUT2D eigenvalue weighted by Gasteiger charge is 2.09. The van der Waals surface area contributed by atoms with Crippen molar-refractivity contribution in [2.45, 2.75) is 19.5 Å². The van der Waals surface area contributed by atoms with Gasteiger partial charge in [0, 0.05) is 30.8 Å². The third-order valence-corrected chi connectivity index (χ3v) is 4.15. The largest absolute Gasteiger partial charge is 0.378 e. The molecule has 0 aliphatic carbocycles. The molecule has 0 saturated carbocycles. The summed E-state index contributed by atoms with van der Waals surface area (Å²) < 4.78 is 1.03. The molecule has 0 heterocycles. The quantitative estimate of drug-likeness (QED) is 0.826. The molecule has 2 aromatic carbocycles. The predicted molar refractivity (Wildman–Crippen MR) is 98.7 cm³/mol. The number of carbonyl (C=O) groups excluding carboxylic acids is 1. The van der Waals surface area contributed by atoms with Gasteiger partial charge in [-0.3, -0.25) is 0 Å². The van der Waals surface area contributed by atoms with Gasteiger partial charge in [-0.2, -0.15) is 0 Å². The van der Waals surface area contributed by atoms with Crippen LogP contribution < -0.4 is 15.5 Å². The van der Waals surface area contributed by atoms with Crippen LogP contribution in [0, 0.1) is 0 Å². The molecule has 0 spiro atoms. The molecule has 4 nitrogen and oxygen atoms in total. The van der Waals surface area contributed by atoms with Gasteiger partial charge in [0.1, 0.15) is 0 Å². The number of benzene rings is 2. The lowest BCUT2D eigenvalue weighted by Crippen LogP contribution is -2.36. The number of carbonyl (C=O) groups is 1. The summed E-state index contributed by atoms with van der Waals surface area (Å²) in [4.78, 5) is 14.0. The molecule has 0 aromatic heterocycles. The smallest absolute Gasteiger partial charge is 0.315 e. The SMILES string of the molecule is CC(NC(=O)NCc1ccc(N(C)C)cc1)c1ccc(Br)cc1. The Bertz CT molecular complexity index is 638. The maximum absolute atomic E-state index is 12.0. The van der Waals surface area contributed by atoms with E-state index >= 15 is 0 Å². The average molecular weight is 376 g/mol. The molecule has 1 unspecified atom stereocenters. The highest BCUT2D eigenvalue weighted by molar-refractivity contribution is 9.10. The summed E-state index contributed by atoms with van der Waals surface area (Å²) in [6, 6.07) is 15.8. The first-order valence-electron chi connectivity index (χ1n) is 7.52. The fourth-order valence-electron chi connectivity index (χ4n) is 2.18. The Morgan fingerprint density at radius 3 is 2.26 bits per heavy atom. The topological polar surface area (TPSA) is 44.4 Å². The Morgan fingerprint density at radius 2 is 1.70 bits per heavy atom. The van der Waals surface area contributed by atoms with Crippen LogP contribution in [0.2, 0.25) is 0 Å². The van der Waals surface area contributed by atoms with E-state index in [9.17, 15) is 4.79 Å². The summed E-state index contributed by atoms with van der Waals surface area (Å²) in [5.74, 6) is 0. The summed E-state index contributed by atoms with van der Waals surface area (Å²) in [7, 11) is 4.01. The normalized spacial score (nSPS) is 11.7. The Hall–Kier alpha value is -2.01. The van der Waals surface area contributed by atoms with Crippen LogP contribution in [0.3, 0.4) is 0 Å². The van der Waals surface area contributed by atoms with E-state index < -0.39 is 0 Å². The van der Waals surface area contributed by atoms with E-state index in [-0.39, 0.29) is 12.1 Å².